The number of nitrogens with zero attached hydrogens (tertiary/aromatic N) is 1. The van der Waals surface area contributed by atoms with Crippen LogP contribution in [0.2, 0.25) is 0 Å². The summed E-state index contributed by atoms with van der Waals surface area (Å²) in [5, 5.41) is 1.64. The molecule has 6 heteroatoms. The molecule has 0 saturated heterocycles. The van der Waals surface area contributed by atoms with Crippen molar-refractivity contribution in [2.24, 2.45) is 0 Å². The van der Waals surface area contributed by atoms with Crippen molar-refractivity contribution in [2.75, 3.05) is 0 Å². The second kappa shape index (κ2) is 4.75. The number of aromatic nitrogens is 1. The van der Waals surface area contributed by atoms with E-state index in [4.69, 9.17) is 4.74 Å². The Bertz CT molecular complexity index is 482. The highest BCUT2D eigenvalue weighted by atomic mass is 32.1. The molecule has 0 unspecified atom stereocenters. The van der Waals surface area contributed by atoms with Crippen LogP contribution in [-0.2, 0) is 12.8 Å². The van der Waals surface area contributed by atoms with Crippen molar-refractivity contribution < 1.29 is 17.9 Å². The molecule has 0 fully saturated rings. The largest absolute Gasteiger partial charge is 0.486 e. The van der Waals surface area contributed by atoms with Gasteiger partial charge in [0.25, 0.3) is 0 Å². The first-order valence-electron chi connectivity index (χ1n) is 4.74. The van der Waals surface area contributed by atoms with E-state index in [-0.39, 0.29) is 12.2 Å². The van der Waals surface area contributed by atoms with E-state index in [0.29, 0.717) is 5.75 Å². The van der Waals surface area contributed by atoms with Crippen molar-refractivity contribution in [1.29, 1.82) is 0 Å². The summed E-state index contributed by atoms with van der Waals surface area (Å²) < 4.78 is 47.0. The molecule has 0 atom stereocenters. The Morgan fingerprint density at radius 2 is 2.00 bits per heavy atom. The number of alkyl halides is 3. The Hall–Kier alpha value is -1.56. The number of benzene rings is 1. The van der Waals surface area contributed by atoms with Gasteiger partial charge in [-0.3, -0.25) is 0 Å². The molecular weight excluding hydrogens is 251 g/mol. The molecule has 90 valence electrons. The van der Waals surface area contributed by atoms with Crippen LogP contribution in [0, 0.1) is 0 Å². The van der Waals surface area contributed by atoms with E-state index >= 15 is 0 Å². The highest BCUT2D eigenvalue weighted by Crippen LogP contribution is 2.32. The number of rotatable bonds is 3. The molecule has 0 spiro atoms. The van der Waals surface area contributed by atoms with Gasteiger partial charge < -0.3 is 4.74 Å². The van der Waals surface area contributed by atoms with Gasteiger partial charge in [-0.05, 0) is 17.6 Å². The van der Waals surface area contributed by atoms with Crippen LogP contribution in [0.1, 0.15) is 11.1 Å². The van der Waals surface area contributed by atoms with E-state index in [2.05, 4.69) is 4.37 Å². The maximum absolute atomic E-state index is 12.6. The predicted molar refractivity (Wildman–Crippen MR) is 57.9 cm³/mol. The van der Waals surface area contributed by atoms with Crippen molar-refractivity contribution in [3.05, 3.63) is 47.0 Å². The lowest BCUT2D eigenvalue weighted by Gasteiger charge is -2.12. The van der Waals surface area contributed by atoms with Crippen LogP contribution in [0.15, 0.2) is 35.8 Å². The molecule has 0 saturated carbocycles. The molecule has 2 aromatic rings. The van der Waals surface area contributed by atoms with Gasteiger partial charge in [0.15, 0.2) is 5.75 Å². The first kappa shape index (κ1) is 11.9. The third kappa shape index (κ3) is 2.97. The Labute approximate surface area is 99.8 Å². The third-order valence-corrected chi connectivity index (χ3v) is 2.69. The number of ether oxygens (including phenoxy) is 1. The topological polar surface area (TPSA) is 22.1 Å². The highest BCUT2D eigenvalue weighted by Gasteiger charge is 2.32. The molecule has 1 aromatic heterocycles. The first-order chi connectivity index (χ1) is 8.07. The van der Waals surface area contributed by atoms with Crippen LogP contribution in [0.25, 0.3) is 0 Å². The van der Waals surface area contributed by atoms with E-state index in [1.165, 1.54) is 29.9 Å². The highest BCUT2D eigenvalue weighted by molar-refractivity contribution is 7.03. The molecule has 2 nitrogen and oxygen atoms in total. The fraction of sp³-hybridized carbons (Fsp3) is 0.182. The van der Waals surface area contributed by atoms with Crippen LogP contribution in [-0.4, -0.2) is 4.37 Å². The maximum atomic E-state index is 12.6. The van der Waals surface area contributed by atoms with E-state index in [1.807, 2.05) is 0 Å². The molecule has 0 aliphatic rings. The van der Waals surface area contributed by atoms with Gasteiger partial charge in [0.1, 0.15) is 6.61 Å². The summed E-state index contributed by atoms with van der Waals surface area (Å²) in [6, 6.07) is 5.37. The summed E-state index contributed by atoms with van der Waals surface area (Å²) in [6.07, 6.45) is -2.88. The Kier molecular flexibility index (Phi) is 3.33. The normalized spacial score (nSPS) is 11.5. The number of halogens is 3. The molecule has 0 aliphatic carbocycles. The van der Waals surface area contributed by atoms with Gasteiger partial charge in [-0.2, -0.15) is 17.5 Å². The molecule has 1 heterocycles. The molecule has 17 heavy (non-hydrogen) atoms. The quantitative estimate of drug-likeness (QED) is 0.837. The molecule has 0 aliphatic heterocycles. The average molecular weight is 259 g/mol. The zero-order valence-corrected chi connectivity index (χ0v) is 9.39. The standard InChI is InChI=1S/C11H8F3NOS/c12-11(13,14)10-4-2-1-3-8(10)6-16-9-5-15-17-7-9/h1-5,7H,6H2. The Balaban J connectivity index is 2.16. The fourth-order valence-electron chi connectivity index (χ4n) is 1.35. The lowest BCUT2D eigenvalue weighted by atomic mass is 10.1. The molecule has 2 rings (SSSR count). The SMILES string of the molecule is FC(F)(F)c1ccccc1COc1cnsc1. The van der Waals surface area contributed by atoms with E-state index in [1.54, 1.807) is 11.4 Å². The summed E-state index contributed by atoms with van der Waals surface area (Å²) in [7, 11) is 0. The van der Waals surface area contributed by atoms with Crippen molar-refractivity contribution in [1.82, 2.24) is 4.37 Å². The molecule has 0 N–H and O–H groups in total. The van der Waals surface area contributed by atoms with Gasteiger partial charge in [0.2, 0.25) is 0 Å². The molecule has 1 aromatic carbocycles. The maximum Gasteiger partial charge on any atom is 0.416 e. The van der Waals surface area contributed by atoms with E-state index in [0.717, 1.165) is 6.07 Å². The van der Waals surface area contributed by atoms with Crippen LogP contribution in [0.3, 0.4) is 0 Å². The Morgan fingerprint density at radius 1 is 1.24 bits per heavy atom. The minimum Gasteiger partial charge on any atom is -0.486 e. The molecular formula is C11H8F3NOS. The fourth-order valence-corrected chi connectivity index (χ4v) is 1.81. The van der Waals surface area contributed by atoms with Crippen LogP contribution >= 0.6 is 11.5 Å². The summed E-state index contributed by atoms with van der Waals surface area (Å²) in [5.41, 5.74) is -0.547. The lowest BCUT2D eigenvalue weighted by Crippen LogP contribution is -2.10. The third-order valence-electron chi connectivity index (χ3n) is 2.13. The number of hydrogen-bond acceptors (Lipinski definition) is 3. The van der Waals surface area contributed by atoms with Crippen molar-refractivity contribution in [2.45, 2.75) is 12.8 Å². The first-order valence-corrected chi connectivity index (χ1v) is 5.58. The van der Waals surface area contributed by atoms with Crippen LogP contribution in [0.4, 0.5) is 13.2 Å². The van der Waals surface area contributed by atoms with E-state index in [9.17, 15) is 13.2 Å². The van der Waals surface area contributed by atoms with Crippen LogP contribution < -0.4 is 4.74 Å². The van der Waals surface area contributed by atoms with Gasteiger partial charge in [-0.25, -0.2) is 0 Å². The minimum absolute atomic E-state index is 0.117. The minimum atomic E-state index is -4.35. The van der Waals surface area contributed by atoms with Gasteiger partial charge in [0, 0.05) is 5.56 Å². The van der Waals surface area contributed by atoms with Gasteiger partial charge in [-0.15, -0.1) is 0 Å². The monoisotopic (exact) mass is 259 g/mol. The molecule has 0 radical (unpaired) electrons. The van der Waals surface area contributed by atoms with Crippen molar-refractivity contribution >= 4 is 11.5 Å². The summed E-state index contributed by atoms with van der Waals surface area (Å²) >= 11 is 1.19. The summed E-state index contributed by atoms with van der Waals surface area (Å²) in [5.74, 6) is 0.479. The predicted octanol–water partition coefficient (Wildman–Crippen LogP) is 3.74. The molecule has 0 amide bonds. The van der Waals surface area contributed by atoms with Crippen molar-refractivity contribution in [3.63, 3.8) is 0 Å². The summed E-state index contributed by atoms with van der Waals surface area (Å²) in [4.78, 5) is 0. The second-order valence-electron chi connectivity index (χ2n) is 3.30. The molecule has 0 bridgehead atoms. The van der Waals surface area contributed by atoms with Gasteiger partial charge in [-0.1, -0.05) is 18.2 Å². The average Bonchev–Trinajstić information content (AvgIpc) is 2.78. The zero-order valence-electron chi connectivity index (χ0n) is 8.57. The Morgan fingerprint density at radius 3 is 2.65 bits per heavy atom. The number of hydrogen-bond donors (Lipinski definition) is 0. The zero-order chi connectivity index (χ0) is 12.3. The second-order valence-corrected chi connectivity index (χ2v) is 3.96. The smallest absolute Gasteiger partial charge is 0.416 e. The van der Waals surface area contributed by atoms with Crippen LogP contribution in [0.5, 0.6) is 5.75 Å². The summed E-state index contributed by atoms with van der Waals surface area (Å²) in [6.45, 7) is -0.117. The van der Waals surface area contributed by atoms with E-state index < -0.39 is 11.7 Å². The van der Waals surface area contributed by atoms with Gasteiger partial charge in [0.05, 0.1) is 17.1 Å². The van der Waals surface area contributed by atoms with Crippen molar-refractivity contribution in [3.8, 4) is 5.75 Å². The lowest BCUT2D eigenvalue weighted by molar-refractivity contribution is -0.138. The van der Waals surface area contributed by atoms with Gasteiger partial charge >= 0.3 is 6.18 Å².